The average Bonchev–Trinajstić information content (AvgIpc) is 2.80. The predicted octanol–water partition coefficient (Wildman–Crippen LogP) is 3.66. The molecule has 0 atom stereocenters. The molecule has 1 N–H and O–H groups in total. The third-order valence-corrected chi connectivity index (χ3v) is 3.72. The minimum absolute atomic E-state index is 0.160. The van der Waals surface area contributed by atoms with Gasteiger partial charge in [-0.05, 0) is 6.07 Å². The normalized spacial score (nSPS) is 13.0. The van der Waals surface area contributed by atoms with Crippen molar-refractivity contribution in [2.45, 2.75) is 6.42 Å². The van der Waals surface area contributed by atoms with Crippen molar-refractivity contribution in [3.05, 3.63) is 57.1 Å². The second-order valence-electron chi connectivity index (χ2n) is 5.09. The summed E-state index contributed by atoms with van der Waals surface area (Å²) in [5.41, 5.74) is 0.345. The topological polar surface area (TPSA) is 90.7 Å². The number of nitro benzene ring substituents is 1. The highest BCUT2D eigenvalue weighted by Gasteiger charge is 2.17. The number of carbonyl (C=O) groups excluding carboxylic acids is 1. The van der Waals surface area contributed by atoms with Crippen LogP contribution in [0.4, 0.5) is 11.4 Å². The Kier molecular flexibility index (Phi) is 4.52. The van der Waals surface area contributed by atoms with Crippen LogP contribution in [0.15, 0.2) is 36.4 Å². The molecule has 0 radical (unpaired) electrons. The van der Waals surface area contributed by atoms with Gasteiger partial charge in [0.15, 0.2) is 11.5 Å². The Bertz CT molecular complexity index is 809. The van der Waals surface area contributed by atoms with Gasteiger partial charge < -0.3 is 14.8 Å². The molecule has 0 unspecified atom stereocenters. The van der Waals surface area contributed by atoms with E-state index in [1.165, 1.54) is 24.3 Å². The van der Waals surface area contributed by atoms with E-state index in [0.29, 0.717) is 30.4 Å². The number of rotatable bonds is 3. The number of nitrogens with one attached hydrogen (secondary N) is 1. The molecule has 1 aliphatic heterocycles. The van der Waals surface area contributed by atoms with Crippen molar-refractivity contribution in [1.29, 1.82) is 0 Å². The Morgan fingerprint density at radius 3 is 2.58 bits per heavy atom. The minimum Gasteiger partial charge on any atom is -0.490 e. The van der Waals surface area contributed by atoms with Crippen molar-refractivity contribution in [3.8, 4) is 11.5 Å². The number of nitrogens with zero attached hydrogens (tertiary/aromatic N) is 1. The lowest BCUT2D eigenvalue weighted by Crippen LogP contribution is -2.12. The molecular formula is C16H13ClN2O5. The number of carbonyl (C=O) groups is 1. The van der Waals surface area contributed by atoms with Gasteiger partial charge in [-0.25, -0.2) is 0 Å². The van der Waals surface area contributed by atoms with E-state index in [9.17, 15) is 14.9 Å². The number of hydrogen-bond donors (Lipinski definition) is 1. The molecule has 1 heterocycles. The summed E-state index contributed by atoms with van der Waals surface area (Å²) in [5, 5.41) is 13.7. The second-order valence-corrected chi connectivity index (χ2v) is 5.50. The number of anilines is 1. The third kappa shape index (κ3) is 3.41. The standard InChI is InChI=1S/C16H13ClN2O5/c17-12-8-14-15(24-6-2-5-23-14)9-13(12)18-16(20)10-3-1-4-11(7-10)19(21)22/h1,3-4,7-9H,2,5-6H2,(H,18,20). The molecule has 3 rings (SSSR count). The number of non-ortho nitro benzene ring substituents is 1. The Morgan fingerprint density at radius 2 is 1.88 bits per heavy atom. The van der Waals surface area contributed by atoms with E-state index in [0.717, 1.165) is 6.42 Å². The first-order valence-corrected chi connectivity index (χ1v) is 7.57. The number of ether oxygens (including phenoxy) is 2. The molecule has 2 aromatic carbocycles. The van der Waals surface area contributed by atoms with Gasteiger partial charge in [-0.15, -0.1) is 0 Å². The molecular weight excluding hydrogens is 336 g/mol. The van der Waals surface area contributed by atoms with Crippen molar-refractivity contribution < 1.29 is 19.2 Å². The Labute approximate surface area is 142 Å². The van der Waals surface area contributed by atoms with Crippen molar-refractivity contribution in [2.75, 3.05) is 18.5 Å². The second kappa shape index (κ2) is 6.76. The largest absolute Gasteiger partial charge is 0.490 e. The van der Waals surface area contributed by atoms with Crippen LogP contribution in [-0.2, 0) is 0 Å². The molecule has 0 aliphatic carbocycles. The molecule has 1 amide bonds. The molecule has 7 nitrogen and oxygen atoms in total. The Balaban J connectivity index is 1.85. The minimum atomic E-state index is -0.558. The third-order valence-electron chi connectivity index (χ3n) is 3.40. The lowest BCUT2D eigenvalue weighted by Gasteiger charge is -2.12. The quantitative estimate of drug-likeness (QED) is 0.675. The molecule has 2 aromatic rings. The lowest BCUT2D eigenvalue weighted by molar-refractivity contribution is -0.384. The molecule has 24 heavy (non-hydrogen) atoms. The van der Waals surface area contributed by atoms with E-state index in [1.54, 1.807) is 12.1 Å². The first-order valence-electron chi connectivity index (χ1n) is 7.19. The van der Waals surface area contributed by atoms with Crippen LogP contribution < -0.4 is 14.8 Å². The average molecular weight is 349 g/mol. The van der Waals surface area contributed by atoms with Crippen LogP contribution in [0.5, 0.6) is 11.5 Å². The maximum Gasteiger partial charge on any atom is 0.270 e. The number of nitro groups is 1. The van der Waals surface area contributed by atoms with Crippen LogP contribution in [0.2, 0.25) is 5.02 Å². The number of halogens is 1. The van der Waals surface area contributed by atoms with Crippen LogP contribution in [0, 0.1) is 10.1 Å². The van der Waals surface area contributed by atoms with Crippen molar-refractivity contribution in [3.63, 3.8) is 0 Å². The number of fused-ring (bicyclic) bond motifs is 1. The first-order chi connectivity index (χ1) is 11.5. The van der Waals surface area contributed by atoms with Crippen molar-refractivity contribution >= 4 is 28.9 Å². The SMILES string of the molecule is O=C(Nc1cc2c(cc1Cl)OCCCO2)c1cccc([N+](=O)[O-])c1. The van der Waals surface area contributed by atoms with Crippen LogP contribution in [-0.4, -0.2) is 24.0 Å². The lowest BCUT2D eigenvalue weighted by atomic mass is 10.2. The number of benzene rings is 2. The summed E-state index contributed by atoms with van der Waals surface area (Å²) in [6, 6.07) is 8.61. The molecule has 0 spiro atoms. The van der Waals surface area contributed by atoms with E-state index in [-0.39, 0.29) is 16.3 Å². The summed E-state index contributed by atoms with van der Waals surface area (Å²) in [6.07, 6.45) is 0.752. The highest BCUT2D eigenvalue weighted by Crippen LogP contribution is 2.37. The van der Waals surface area contributed by atoms with Gasteiger partial charge in [0.05, 0.1) is 28.8 Å². The van der Waals surface area contributed by atoms with Gasteiger partial charge in [0, 0.05) is 36.2 Å². The molecule has 0 fully saturated rings. The zero-order valence-electron chi connectivity index (χ0n) is 12.5. The fourth-order valence-electron chi connectivity index (χ4n) is 2.23. The monoisotopic (exact) mass is 348 g/mol. The van der Waals surface area contributed by atoms with Gasteiger partial charge in [-0.2, -0.15) is 0 Å². The van der Waals surface area contributed by atoms with E-state index >= 15 is 0 Å². The van der Waals surface area contributed by atoms with Crippen LogP contribution in [0.1, 0.15) is 16.8 Å². The van der Waals surface area contributed by atoms with E-state index in [1.807, 2.05) is 0 Å². The summed E-state index contributed by atoms with van der Waals surface area (Å²) in [4.78, 5) is 22.6. The van der Waals surface area contributed by atoms with E-state index < -0.39 is 10.8 Å². The molecule has 124 valence electrons. The van der Waals surface area contributed by atoms with Gasteiger partial charge in [0.2, 0.25) is 0 Å². The molecule has 0 saturated heterocycles. The van der Waals surface area contributed by atoms with Gasteiger partial charge in [-0.1, -0.05) is 17.7 Å². The number of amides is 1. The van der Waals surface area contributed by atoms with Gasteiger partial charge in [0.1, 0.15) is 0 Å². The van der Waals surface area contributed by atoms with Crippen LogP contribution in [0.25, 0.3) is 0 Å². The molecule has 1 aliphatic rings. The molecule has 0 saturated carbocycles. The zero-order chi connectivity index (χ0) is 17.1. The van der Waals surface area contributed by atoms with Crippen LogP contribution >= 0.6 is 11.6 Å². The number of hydrogen-bond acceptors (Lipinski definition) is 5. The fourth-order valence-corrected chi connectivity index (χ4v) is 2.44. The van der Waals surface area contributed by atoms with Gasteiger partial charge in [-0.3, -0.25) is 14.9 Å². The molecule has 0 aromatic heterocycles. The summed E-state index contributed by atoms with van der Waals surface area (Å²) in [5.74, 6) is 0.507. The first kappa shape index (κ1) is 16.1. The molecule has 8 heteroatoms. The Hall–Kier alpha value is -2.80. The van der Waals surface area contributed by atoms with Crippen molar-refractivity contribution in [1.82, 2.24) is 0 Å². The highest BCUT2D eigenvalue weighted by atomic mass is 35.5. The maximum absolute atomic E-state index is 12.3. The summed E-state index contributed by atoms with van der Waals surface area (Å²) in [6.45, 7) is 1.04. The summed E-state index contributed by atoms with van der Waals surface area (Å²) >= 11 is 6.17. The summed E-state index contributed by atoms with van der Waals surface area (Å²) in [7, 11) is 0. The predicted molar refractivity (Wildman–Crippen MR) is 88.1 cm³/mol. The smallest absolute Gasteiger partial charge is 0.270 e. The fraction of sp³-hybridized carbons (Fsp3) is 0.188. The van der Waals surface area contributed by atoms with Gasteiger partial charge >= 0.3 is 0 Å². The van der Waals surface area contributed by atoms with Crippen LogP contribution in [0.3, 0.4) is 0 Å². The Morgan fingerprint density at radius 1 is 1.17 bits per heavy atom. The highest BCUT2D eigenvalue weighted by molar-refractivity contribution is 6.34. The van der Waals surface area contributed by atoms with E-state index in [2.05, 4.69) is 5.32 Å². The summed E-state index contributed by atoms with van der Waals surface area (Å²) < 4.78 is 11.1. The zero-order valence-corrected chi connectivity index (χ0v) is 13.2. The van der Waals surface area contributed by atoms with Crippen molar-refractivity contribution in [2.24, 2.45) is 0 Å². The van der Waals surface area contributed by atoms with E-state index in [4.69, 9.17) is 21.1 Å². The maximum atomic E-state index is 12.3. The van der Waals surface area contributed by atoms with Gasteiger partial charge in [0.25, 0.3) is 11.6 Å². The molecule has 0 bridgehead atoms.